The van der Waals surface area contributed by atoms with Crippen LogP contribution in [-0.4, -0.2) is 21.9 Å². The van der Waals surface area contributed by atoms with Crippen LogP contribution in [0.25, 0.3) is 6.08 Å². The second kappa shape index (κ2) is 9.98. The summed E-state index contributed by atoms with van der Waals surface area (Å²) in [4.78, 5) is 14.3. The third kappa shape index (κ3) is 6.22. The molecule has 0 unspecified atom stereocenters. The Hall–Kier alpha value is -3.54. The molecule has 0 saturated heterocycles. The van der Waals surface area contributed by atoms with Crippen molar-refractivity contribution in [3.63, 3.8) is 0 Å². The van der Waals surface area contributed by atoms with Crippen LogP contribution in [0.5, 0.6) is 0 Å². The van der Waals surface area contributed by atoms with Crippen molar-refractivity contribution in [3.05, 3.63) is 114 Å². The highest BCUT2D eigenvalue weighted by Gasteiger charge is 2.30. The number of amides is 1. The van der Waals surface area contributed by atoms with Gasteiger partial charge < -0.3 is 9.47 Å². The summed E-state index contributed by atoms with van der Waals surface area (Å²) in [7, 11) is 0. The van der Waals surface area contributed by atoms with Gasteiger partial charge in [0.05, 0.1) is 12.1 Å². The van der Waals surface area contributed by atoms with Crippen molar-refractivity contribution in [2.75, 3.05) is 6.54 Å². The van der Waals surface area contributed by atoms with Gasteiger partial charge in [-0.15, -0.1) is 6.58 Å². The Morgan fingerprint density at radius 3 is 2.52 bits per heavy atom. The first kappa shape index (κ1) is 22.2. The molecule has 0 radical (unpaired) electrons. The Bertz CT molecular complexity index is 1050. The average molecular weight is 424 g/mol. The van der Waals surface area contributed by atoms with Crippen LogP contribution >= 0.6 is 0 Å². The molecule has 1 aromatic heterocycles. The Labute approximate surface area is 179 Å². The third-order valence-corrected chi connectivity index (χ3v) is 4.76. The molecule has 0 atom stereocenters. The molecular weight excluding hydrogens is 401 g/mol. The Morgan fingerprint density at radius 2 is 1.81 bits per heavy atom. The highest BCUT2D eigenvalue weighted by atomic mass is 19.4. The molecule has 3 aromatic rings. The smallest absolute Gasteiger partial charge is 0.345 e. The van der Waals surface area contributed by atoms with Crippen LogP contribution in [0, 0.1) is 0 Å². The molecule has 3 nitrogen and oxygen atoms in total. The minimum absolute atomic E-state index is 0.171. The van der Waals surface area contributed by atoms with E-state index in [1.165, 1.54) is 12.1 Å². The minimum Gasteiger partial charge on any atom is -0.345 e. The number of aromatic nitrogens is 1. The van der Waals surface area contributed by atoms with E-state index in [-0.39, 0.29) is 12.5 Å². The topological polar surface area (TPSA) is 25.2 Å². The maximum Gasteiger partial charge on any atom is 0.416 e. The van der Waals surface area contributed by atoms with Gasteiger partial charge in [-0.3, -0.25) is 4.79 Å². The monoisotopic (exact) mass is 424 g/mol. The van der Waals surface area contributed by atoms with Crippen molar-refractivity contribution in [3.8, 4) is 0 Å². The first-order valence-corrected chi connectivity index (χ1v) is 9.80. The number of carbonyl (C=O) groups is 1. The maximum absolute atomic E-state index is 13.0. The van der Waals surface area contributed by atoms with Gasteiger partial charge in [-0.25, -0.2) is 0 Å². The number of halogens is 3. The highest BCUT2D eigenvalue weighted by Crippen LogP contribution is 2.29. The van der Waals surface area contributed by atoms with E-state index in [1.54, 1.807) is 29.3 Å². The highest BCUT2D eigenvalue weighted by molar-refractivity contribution is 5.91. The van der Waals surface area contributed by atoms with E-state index < -0.39 is 11.7 Å². The van der Waals surface area contributed by atoms with E-state index in [0.29, 0.717) is 18.7 Å². The van der Waals surface area contributed by atoms with Crippen LogP contribution in [0.2, 0.25) is 0 Å². The van der Waals surface area contributed by atoms with Crippen LogP contribution in [-0.2, 0) is 24.1 Å². The molecule has 1 amide bonds. The van der Waals surface area contributed by atoms with Crippen LogP contribution in [0.3, 0.4) is 0 Å². The summed E-state index contributed by atoms with van der Waals surface area (Å²) in [6.45, 7) is 4.67. The van der Waals surface area contributed by atoms with E-state index in [4.69, 9.17) is 0 Å². The number of alkyl halides is 3. The standard InChI is InChI=1S/C25H23F3N2O/c1-2-15-30(24(31)14-13-20-8-4-3-5-9-20)19-23-12-7-16-29(23)18-21-10-6-11-22(17-21)25(26,27)28/h2-14,16-17H,1,15,18-19H2/b14-13+. The molecule has 160 valence electrons. The van der Waals surface area contributed by atoms with Crippen molar-refractivity contribution in [2.45, 2.75) is 19.3 Å². The van der Waals surface area contributed by atoms with Crippen LogP contribution in [0.1, 0.15) is 22.4 Å². The predicted molar refractivity (Wildman–Crippen MR) is 116 cm³/mol. The fourth-order valence-corrected chi connectivity index (χ4v) is 3.21. The molecule has 2 aromatic carbocycles. The summed E-state index contributed by atoms with van der Waals surface area (Å²) in [5, 5.41) is 0. The lowest BCUT2D eigenvalue weighted by Crippen LogP contribution is -2.30. The van der Waals surface area contributed by atoms with Crippen molar-refractivity contribution in [1.82, 2.24) is 9.47 Å². The zero-order chi connectivity index (χ0) is 22.3. The maximum atomic E-state index is 13.0. The number of carbonyl (C=O) groups excluding carboxylic acids is 1. The first-order valence-electron chi connectivity index (χ1n) is 9.80. The SMILES string of the molecule is C=CCN(Cc1cccn1Cc1cccc(C(F)(F)F)c1)C(=O)/C=C/c1ccccc1. The van der Waals surface area contributed by atoms with Gasteiger partial charge in [0.2, 0.25) is 5.91 Å². The quantitative estimate of drug-likeness (QED) is 0.332. The summed E-state index contributed by atoms with van der Waals surface area (Å²) < 4.78 is 40.8. The number of hydrogen-bond donors (Lipinski definition) is 0. The zero-order valence-corrected chi connectivity index (χ0v) is 16.9. The normalized spacial score (nSPS) is 11.6. The number of rotatable bonds is 8. The van der Waals surface area contributed by atoms with Gasteiger partial charge in [0.1, 0.15) is 0 Å². The molecule has 0 bridgehead atoms. The minimum atomic E-state index is -4.38. The number of hydrogen-bond acceptors (Lipinski definition) is 1. The molecule has 3 rings (SSSR count). The van der Waals surface area contributed by atoms with Crippen molar-refractivity contribution in [2.24, 2.45) is 0 Å². The summed E-state index contributed by atoms with van der Waals surface area (Å²) >= 11 is 0. The molecule has 1 heterocycles. The van der Waals surface area contributed by atoms with E-state index in [2.05, 4.69) is 6.58 Å². The predicted octanol–water partition coefficient (Wildman–Crippen LogP) is 5.78. The Morgan fingerprint density at radius 1 is 1.03 bits per heavy atom. The number of nitrogens with zero attached hydrogens (tertiary/aromatic N) is 2. The molecule has 31 heavy (non-hydrogen) atoms. The average Bonchev–Trinajstić information content (AvgIpc) is 3.18. The molecular formula is C25H23F3N2O. The van der Waals surface area contributed by atoms with Gasteiger partial charge in [0.15, 0.2) is 0 Å². The first-order chi connectivity index (χ1) is 14.9. The second-order valence-electron chi connectivity index (χ2n) is 7.08. The van der Waals surface area contributed by atoms with Gasteiger partial charge in [-0.1, -0.05) is 48.5 Å². The van der Waals surface area contributed by atoms with E-state index in [0.717, 1.165) is 23.4 Å². The van der Waals surface area contributed by atoms with Gasteiger partial charge in [-0.2, -0.15) is 13.2 Å². The van der Waals surface area contributed by atoms with Crippen LogP contribution in [0.15, 0.2) is 91.7 Å². The van der Waals surface area contributed by atoms with Crippen LogP contribution < -0.4 is 0 Å². The van der Waals surface area contributed by atoms with E-state index in [9.17, 15) is 18.0 Å². The fourth-order valence-electron chi connectivity index (χ4n) is 3.21. The molecule has 0 saturated carbocycles. The van der Waals surface area contributed by atoms with Crippen molar-refractivity contribution >= 4 is 12.0 Å². The van der Waals surface area contributed by atoms with Crippen LogP contribution in [0.4, 0.5) is 13.2 Å². The zero-order valence-electron chi connectivity index (χ0n) is 16.9. The van der Waals surface area contributed by atoms with Gasteiger partial charge in [-0.05, 0) is 41.5 Å². The fraction of sp³-hybridized carbons (Fsp3) is 0.160. The molecule has 0 spiro atoms. The summed E-state index contributed by atoms with van der Waals surface area (Å²) in [6.07, 6.45) is 2.33. The lowest BCUT2D eigenvalue weighted by Gasteiger charge is -2.21. The largest absolute Gasteiger partial charge is 0.416 e. The van der Waals surface area contributed by atoms with Gasteiger partial charge >= 0.3 is 6.18 Å². The third-order valence-electron chi connectivity index (χ3n) is 4.76. The molecule has 0 fully saturated rings. The Kier molecular flexibility index (Phi) is 7.13. The Balaban J connectivity index is 1.74. The van der Waals surface area contributed by atoms with E-state index >= 15 is 0 Å². The van der Waals surface area contributed by atoms with Crippen molar-refractivity contribution < 1.29 is 18.0 Å². The summed E-state index contributed by atoms with van der Waals surface area (Å²) in [6, 6.07) is 18.5. The van der Waals surface area contributed by atoms with Gasteiger partial charge in [0, 0.05) is 31.1 Å². The second-order valence-corrected chi connectivity index (χ2v) is 7.08. The molecule has 0 aliphatic carbocycles. The van der Waals surface area contributed by atoms with Gasteiger partial charge in [0.25, 0.3) is 0 Å². The van der Waals surface area contributed by atoms with Crippen molar-refractivity contribution in [1.29, 1.82) is 0 Å². The summed E-state index contributed by atoms with van der Waals surface area (Å²) in [5.74, 6) is -0.171. The molecule has 0 N–H and O–H groups in total. The molecule has 6 heteroatoms. The lowest BCUT2D eigenvalue weighted by atomic mass is 10.1. The van der Waals surface area contributed by atoms with E-state index in [1.807, 2.05) is 47.0 Å². The molecule has 0 aliphatic rings. The lowest BCUT2D eigenvalue weighted by molar-refractivity contribution is -0.137. The summed E-state index contributed by atoms with van der Waals surface area (Å²) in [5.41, 5.74) is 1.61. The molecule has 0 aliphatic heterocycles. The number of benzene rings is 2.